The molecule has 0 unspecified atom stereocenters. The number of esters is 1. The third-order valence-electron chi connectivity index (χ3n) is 2.41. The standard InChI is InChI=1S/C11H15O5P/c1-7(2)8-4-5-9(11(12)16-3)10(6-8)17(13,14)15/h4-7H,1-3H3,(H2,13,14,15). The van der Waals surface area contributed by atoms with Crippen LogP contribution in [0.2, 0.25) is 0 Å². The van der Waals surface area contributed by atoms with E-state index in [2.05, 4.69) is 4.74 Å². The lowest BCUT2D eigenvalue weighted by Gasteiger charge is -2.13. The van der Waals surface area contributed by atoms with Crippen LogP contribution in [0.15, 0.2) is 18.2 Å². The number of ether oxygens (including phenoxy) is 1. The number of methoxy groups -OCH3 is 1. The second-order valence-corrected chi connectivity index (χ2v) is 5.54. The summed E-state index contributed by atoms with van der Waals surface area (Å²) in [4.78, 5) is 29.8. The smallest absolute Gasteiger partial charge is 0.357 e. The minimum absolute atomic E-state index is 0.0924. The van der Waals surface area contributed by atoms with E-state index in [4.69, 9.17) is 0 Å². The Kier molecular flexibility index (Phi) is 4.09. The van der Waals surface area contributed by atoms with Gasteiger partial charge in [0.1, 0.15) is 0 Å². The first-order chi connectivity index (χ1) is 7.77. The molecule has 1 rings (SSSR count). The molecule has 0 radical (unpaired) electrons. The normalized spacial score (nSPS) is 11.6. The van der Waals surface area contributed by atoms with Gasteiger partial charge in [-0.1, -0.05) is 19.9 Å². The lowest BCUT2D eigenvalue weighted by Crippen LogP contribution is -2.18. The van der Waals surface area contributed by atoms with Crippen molar-refractivity contribution in [3.63, 3.8) is 0 Å². The predicted molar refractivity (Wildman–Crippen MR) is 63.5 cm³/mol. The molecule has 6 heteroatoms. The van der Waals surface area contributed by atoms with Crippen molar-refractivity contribution in [2.75, 3.05) is 7.11 Å². The molecule has 17 heavy (non-hydrogen) atoms. The minimum Gasteiger partial charge on any atom is -0.465 e. The van der Waals surface area contributed by atoms with E-state index in [1.54, 1.807) is 6.07 Å². The van der Waals surface area contributed by atoms with E-state index in [9.17, 15) is 19.1 Å². The second-order valence-electron chi connectivity index (χ2n) is 3.97. The monoisotopic (exact) mass is 258 g/mol. The van der Waals surface area contributed by atoms with Crippen LogP contribution >= 0.6 is 7.60 Å². The first kappa shape index (κ1) is 13.9. The fourth-order valence-electron chi connectivity index (χ4n) is 1.43. The molecule has 2 N–H and O–H groups in total. The molecule has 0 aromatic heterocycles. The summed E-state index contributed by atoms with van der Waals surface area (Å²) in [7, 11) is -3.32. The molecule has 1 aromatic carbocycles. The highest BCUT2D eigenvalue weighted by molar-refractivity contribution is 7.60. The molecular formula is C11H15O5P. The highest BCUT2D eigenvalue weighted by atomic mass is 31.2. The Bertz CT molecular complexity index is 475. The number of hydrogen-bond acceptors (Lipinski definition) is 3. The van der Waals surface area contributed by atoms with Crippen LogP contribution in [0.1, 0.15) is 35.7 Å². The Labute approximate surface area is 99.6 Å². The van der Waals surface area contributed by atoms with Crippen molar-refractivity contribution in [3.8, 4) is 0 Å². The Morgan fingerprint density at radius 2 is 1.94 bits per heavy atom. The number of rotatable bonds is 3. The quantitative estimate of drug-likeness (QED) is 0.632. The van der Waals surface area contributed by atoms with Crippen LogP contribution in [0.4, 0.5) is 0 Å². The lowest BCUT2D eigenvalue weighted by atomic mass is 10.0. The number of hydrogen-bond donors (Lipinski definition) is 2. The van der Waals surface area contributed by atoms with Crippen molar-refractivity contribution in [2.24, 2.45) is 0 Å². The zero-order chi connectivity index (χ0) is 13.2. The van der Waals surface area contributed by atoms with Crippen LogP contribution in [0.3, 0.4) is 0 Å². The maximum Gasteiger partial charge on any atom is 0.357 e. The zero-order valence-corrected chi connectivity index (χ0v) is 10.8. The summed E-state index contributed by atoms with van der Waals surface area (Å²) in [6.07, 6.45) is 0. The minimum atomic E-state index is -4.49. The molecule has 0 aliphatic rings. The fourth-order valence-corrected chi connectivity index (χ4v) is 2.23. The maximum absolute atomic E-state index is 11.4. The van der Waals surface area contributed by atoms with Crippen LogP contribution < -0.4 is 5.30 Å². The molecule has 94 valence electrons. The molecule has 0 saturated carbocycles. The maximum atomic E-state index is 11.4. The van der Waals surface area contributed by atoms with Crippen LogP contribution in [-0.4, -0.2) is 22.9 Å². The third kappa shape index (κ3) is 3.16. The van der Waals surface area contributed by atoms with Gasteiger partial charge in [0.25, 0.3) is 0 Å². The fraction of sp³-hybridized carbons (Fsp3) is 0.364. The van der Waals surface area contributed by atoms with Crippen molar-refractivity contribution in [1.82, 2.24) is 0 Å². The molecule has 0 bridgehead atoms. The molecule has 1 aromatic rings. The summed E-state index contributed by atoms with van der Waals surface area (Å²) in [5.74, 6) is -0.634. The van der Waals surface area contributed by atoms with Gasteiger partial charge in [-0.15, -0.1) is 0 Å². The van der Waals surface area contributed by atoms with E-state index < -0.39 is 13.6 Å². The van der Waals surface area contributed by atoms with Crippen LogP contribution in [0, 0.1) is 0 Å². The summed E-state index contributed by atoms with van der Waals surface area (Å²) >= 11 is 0. The Morgan fingerprint density at radius 1 is 1.35 bits per heavy atom. The summed E-state index contributed by atoms with van der Waals surface area (Å²) in [6.45, 7) is 3.80. The predicted octanol–water partition coefficient (Wildman–Crippen LogP) is 1.40. The van der Waals surface area contributed by atoms with E-state index in [1.807, 2.05) is 13.8 Å². The number of benzene rings is 1. The van der Waals surface area contributed by atoms with Crippen molar-refractivity contribution in [3.05, 3.63) is 29.3 Å². The summed E-state index contributed by atoms with van der Waals surface area (Å²) in [5.41, 5.74) is 0.668. The molecule has 0 fully saturated rings. The third-order valence-corrected chi connectivity index (χ3v) is 3.41. The van der Waals surface area contributed by atoms with Gasteiger partial charge in [0.15, 0.2) is 0 Å². The highest BCUT2D eigenvalue weighted by Crippen LogP contribution is 2.36. The van der Waals surface area contributed by atoms with Gasteiger partial charge < -0.3 is 14.5 Å². The van der Waals surface area contributed by atoms with Gasteiger partial charge in [0.05, 0.1) is 18.0 Å². The zero-order valence-electron chi connectivity index (χ0n) is 9.88. The first-order valence-electron chi connectivity index (χ1n) is 5.05. The van der Waals surface area contributed by atoms with Gasteiger partial charge in [0.2, 0.25) is 0 Å². The molecule has 0 heterocycles. The van der Waals surface area contributed by atoms with Gasteiger partial charge in [-0.25, -0.2) is 4.79 Å². The van der Waals surface area contributed by atoms with E-state index in [1.165, 1.54) is 19.2 Å². The van der Waals surface area contributed by atoms with E-state index >= 15 is 0 Å². The van der Waals surface area contributed by atoms with E-state index in [0.717, 1.165) is 5.56 Å². The largest absolute Gasteiger partial charge is 0.465 e. The Hall–Kier alpha value is -1.16. The first-order valence-corrected chi connectivity index (χ1v) is 6.67. The second kappa shape index (κ2) is 5.00. The van der Waals surface area contributed by atoms with Gasteiger partial charge in [-0.05, 0) is 23.6 Å². The van der Waals surface area contributed by atoms with E-state index in [-0.39, 0.29) is 16.8 Å². The SMILES string of the molecule is COC(=O)c1ccc(C(C)C)cc1P(=O)(O)O. The van der Waals surface area contributed by atoms with Gasteiger partial charge >= 0.3 is 13.6 Å². The Balaban J connectivity index is 3.43. The molecule has 0 amide bonds. The number of carbonyl (C=O) groups excluding carboxylic acids is 1. The van der Waals surface area contributed by atoms with Gasteiger partial charge in [-0.3, -0.25) is 4.57 Å². The van der Waals surface area contributed by atoms with Gasteiger partial charge in [-0.2, -0.15) is 0 Å². The molecule has 5 nitrogen and oxygen atoms in total. The molecule has 0 aliphatic heterocycles. The molecular weight excluding hydrogens is 243 g/mol. The molecule has 0 spiro atoms. The lowest BCUT2D eigenvalue weighted by molar-refractivity contribution is 0.0601. The van der Waals surface area contributed by atoms with Crippen molar-refractivity contribution in [2.45, 2.75) is 19.8 Å². The summed E-state index contributed by atoms with van der Waals surface area (Å²) < 4.78 is 15.8. The summed E-state index contributed by atoms with van der Waals surface area (Å²) in [6, 6.07) is 4.41. The topological polar surface area (TPSA) is 83.8 Å². The average molecular weight is 258 g/mol. The van der Waals surface area contributed by atoms with Crippen molar-refractivity contribution in [1.29, 1.82) is 0 Å². The molecule has 0 saturated heterocycles. The molecule has 0 atom stereocenters. The number of carbonyl (C=O) groups is 1. The average Bonchev–Trinajstić information content (AvgIpc) is 2.26. The summed E-state index contributed by atoms with van der Waals surface area (Å²) in [5, 5.41) is -0.282. The Morgan fingerprint density at radius 3 is 2.35 bits per heavy atom. The van der Waals surface area contributed by atoms with Crippen LogP contribution in [0.5, 0.6) is 0 Å². The van der Waals surface area contributed by atoms with Crippen molar-refractivity contribution >= 4 is 18.9 Å². The van der Waals surface area contributed by atoms with E-state index in [0.29, 0.717) is 0 Å². The van der Waals surface area contributed by atoms with Gasteiger partial charge in [0, 0.05) is 0 Å². The van der Waals surface area contributed by atoms with Crippen LogP contribution in [-0.2, 0) is 9.30 Å². The highest BCUT2D eigenvalue weighted by Gasteiger charge is 2.26. The van der Waals surface area contributed by atoms with Crippen LogP contribution in [0.25, 0.3) is 0 Å². The van der Waals surface area contributed by atoms with Crippen molar-refractivity contribution < 1.29 is 23.9 Å². The molecule has 0 aliphatic carbocycles.